The lowest BCUT2D eigenvalue weighted by atomic mass is 10.3. The summed E-state index contributed by atoms with van der Waals surface area (Å²) in [6.45, 7) is 6.42. The van der Waals surface area contributed by atoms with Gasteiger partial charge in [-0.25, -0.2) is 0 Å². The Morgan fingerprint density at radius 1 is 1.34 bits per heavy atom. The molecule has 3 heterocycles. The lowest BCUT2D eigenvalue weighted by Gasteiger charge is -2.11. The second-order valence-electron chi connectivity index (χ2n) is 6.38. The largest absolute Gasteiger partial charge is 0.379 e. The maximum atomic E-state index is 5.76. The molecule has 0 radical (unpaired) electrons. The molecule has 0 saturated carbocycles. The average molecular weight is 516 g/mol. The van der Waals surface area contributed by atoms with Gasteiger partial charge in [-0.3, -0.25) is 9.98 Å². The molecule has 0 aliphatic carbocycles. The van der Waals surface area contributed by atoms with Gasteiger partial charge in [0.05, 0.1) is 12.7 Å². The zero-order valence-corrected chi connectivity index (χ0v) is 19.0. The molecule has 1 aliphatic heterocycles. The van der Waals surface area contributed by atoms with Crippen LogP contribution < -0.4 is 10.6 Å². The van der Waals surface area contributed by atoms with Crippen molar-refractivity contribution in [3.63, 3.8) is 0 Å². The molecule has 10 heteroatoms. The Morgan fingerprint density at radius 2 is 2.28 bits per heavy atom. The Balaban J connectivity index is 0.00000300. The highest BCUT2D eigenvalue weighted by Gasteiger charge is 2.15. The van der Waals surface area contributed by atoms with Crippen molar-refractivity contribution in [1.82, 2.24) is 25.8 Å². The normalized spacial score (nSPS) is 16.4. The van der Waals surface area contributed by atoms with E-state index in [1.807, 2.05) is 25.1 Å². The quantitative estimate of drug-likeness (QED) is 0.214. The highest BCUT2D eigenvalue weighted by Crippen LogP contribution is 2.13. The maximum absolute atomic E-state index is 5.76. The predicted octanol–water partition coefficient (Wildman–Crippen LogP) is 2.04. The fraction of sp³-hybridized carbons (Fsp3) is 0.579. The van der Waals surface area contributed by atoms with Gasteiger partial charge in [-0.1, -0.05) is 11.2 Å². The zero-order chi connectivity index (χ0) is 19.4. The van der Waals surface area contributed by atoms with Crippen LogP contribution in [0.1, 0.15) is 25.6 Å². The summed E-state index contributed by atoms with van der Waals surface area (Å²) in [6, 6.07) is 5.58. The van der Waals surface area contributed by atoms with Crippen LogP contribution in [0.2, 0.25) is 0 Å². The van der Waals surface area contributed by atoms with Crippen LogP contribution in [0.4, 0.5) is 0 Å². The third kappa shape index (κ3) is 8.23. The van der Waals surface area contributed by atoms with Crippen LogP contribution in [-0.2, 0) is 15.9 Å². The number of pyridine rings is 1. The monoisotopic (exact) mass is 516 g/mol. The van der Waals surface area contributed by atoms with Crippen LogP contribution in [-0.4, -0.2) is 66.6 Å². The van der Waals surface area contributed by atoms with Gasteiger partial charge in [0, 0.05) is 45.5 Å². The lowest BCUT2D eigenvalue weighted by Crippen LogP contribution is -2.38. The number of rotatable bonds is 10. The van der Waals surface area contributed by atoms with E-state index < -0.39 is 0 Å². The van der Waals surface area contributed by atoms with Gasteiger partial charge in [-0.05, 0) is 31.9 Å². The van der Waals surface area contributed by atoms with E-state index in [0.29, 0.717) is 50.1 Å². The summed E-state index contributed by atoms with van der Waals surface area (Å²) in [6.07, 6.45) is 4.45. The Bertz CT molecular complexity index is 722. The first-order chi connectivity index (χ1) is 13.8. The Morgan fingerprint density at radius 3 is 3.03 bits per heavy atom. The SMILES string of the molecule is CCNC(=NCCCOC1CCOC1)NCCc1noc(-c2ccccn2)n1.I. The summed E-state index contributed by atoms with van der Waals surface area (Å²) in [4.78, 5) is 13.2. The second kappa shape index (κ2) is 13.4. The van der Waals surface area contributed by atoms with Gasteiger partial charge >= 0.3 is 0 Å². The molecule has 2 N–H and O–H groups in total. The Labute approximate surface area is 188 Å². The van der Waals surface area contributed by atoms with Crippen molar-refractivity contribution >= 4 is 29.9 Å². The molecule has 0 bridgehead atoms. The molecular weight excluding hydrogens is 487 g/mol. The molecule has 1 saturated heterocycles. The molecule has 0 spiro atoms. The van der Waals surface area contributed by atoms with E-state index >= 15 is 0 Å². The number of hydrogen-bond donors (Lipinski definition) is 2. The summed E-state index contributed by atoms with van der Waals surface area (Å²) in [5.41, 5.74) is 0.676. The number of ether oxygens (including phenoxy) is 2. The minimum atomic E-state index is 0. The fourth-order valence-electron chi connectivity index (χ4n) is 2.73. The third-order valence-corrected chi connectivity index (χ3v) is 4.15. The van der Waals surface area contributed by atoms with Crippen molar-refractivity contribution in [3.05, 3.63) is 30.2 Å². The minimum absolute atomic E-state index is 0. The van der Waals surface area contributed by atoms with Crippen molar-refractivity contribution in [3.8, 4) is 11.6 Å². The molecule has 29 heavy (non-hydrogen) atoms. The van der Waals surface area contributed by atoms with Gasteiger partial charge in [-0.15, -0.1) is 24.0 Å². The molecule has 1 fully saturated rings. The van der Waals surface area contributed by atoms with Crippen molar-refractivity contribution in [2.45, 2.75) is 32.3 Å². The molecule has 2 aromatic heterocycles. The zero-order valence-electron chi connectivity index (χ0n) is 16.7. The average Bonchev–Trinajstić information content (AvgIpc) is 3.40. The number of hydrogen-bond acceptors (Lipinski definition) is 7. The van der Waals surface area contributed by atoms with E-state index in [1.54, 1.807) is 6.20 Å². The second-order valence-corrected chi connectivity index (χ2v) is 6.38. The number of guanidine groups is 1. The fourth-order valence-corrected chi connectivity index (χ4v) is 2.73. The highest BCUT2D eigenvalue weighted by molar-refractivity contribution is 14.0. The number of nitrogens with zero attached hydrogens (tertiary/aromatic N) is 4. The highest BCUT2D eigenvalue weighted by atomic mass is 127. The van der Waals surface area contributed by atoms with Crippen LogP contribution in [0, 0.1) is 0 Å². The molecule has 0 aromatic carbocycles. The third-order valence-electron chi connectivity index (χ3n) is 4.15. The van der Waals surface area contributed by atoms with Gasteiger partial charge in [0.1, 0.15) is 5.69 Å². The minimum Gasteiger partial charge on any atom is -0.379 e. The predicted molar refractivity (Wildman–Crippen MR) is 120 cm³/mol. The van der Waals surface area contributed by atoms with E-state index in [1.165, 1.54) is 0 Å². The van der Waals surface area contributed by atoms with Crippen molar-refractivity contribution in [2.24, 2.45) is 4.99 Å². The standard InChI is InChI=1S/C19H28N6O3.HI/c1-2-20-19(22-10-5-12-27-15-8-13-26-14-15)23-11-7-17-24-18(28-25-17)16-6-3-4-9-21-16;/h3-4,6,9,15H,2,5,7-8,10-14H2,1H3,(H2,20,22,23);1H. The smallest absolute Gasteiger partial charge is 0.276 e. The van der Waals surface area contributed by atoms with E-state index in [-0.39, 0.29) is 30.1 Å². The number of halogens is 1. The van der Waals surface area contributed by atoms with Gasteiger partial charge in [0.2, 0.25) is 0 Å². The van der Waals surface area contributed by atoms with Gasteiger partial charge in [0.15, 0.2) is 11.8 Å². The molecule has 1 atom stereocenters. The molecule has 160 valence electrons. The molecule has 3 rings (SSSR count). The number of aromatic nitrogens is 3. The van der Waals surface area contributed by atoms with Crippen molar-refractivity contribution in [1.29, 1.82) is 0 Å². The van der Waals surface area contributed by atoms with Gasteiger partial charge < -0.3 is 24.6 Å². The van der Waals surface area contributed by atoms with Crippen LogP contribution >= 0.6 is 24.0 Å². The topological polar surface area (TPSA) is 107 Å². The van der Waals surface area contributed by atoms with E-state index in [9.17, 15) is 0 Å². The molecule has 2 aromatic rings. The number of aliphatic imine (C=N–C) groups is 1. The molecule has 9 nitrogen and oxygen atoms in total. The summed E-state index contributed by atoms with van der Waals surface area (Å²) in [5.74, 6) is 1.85. The van der Waals surface area contributed by atoms with Gasteiger partial charge in [0.25, 0.3) is 5.89 Å². The summed E-state index contributed by atoms with van der Waals surface area (Å²) in [7, 11) is 0. The van der Waals surface area contributed by atoms with Gasteiger partial charge in [-0.2, -0.15) is 4.98 Å². The lowest BCUT2D eigenvalue weighted by molar-refractivity contribution is 0.0424. The van der Waals surface area contributed by atoms with Crippen LogP contribution in [0.3, 0.4) is 0 Å². The Hall–Kier alpha value is -1.79. The van der Waals surface area contributed by atoms with Crippen LogP contribution in [0.5, 0.6) is 0 Å². The van der Waals surface area contributed by atoms with E-state index in [4.69, 9.17) is 14.0 Å². The van der Waals surface area contributed by atoms with Crippen molar-refractivity contribution in [2.75, 3.05) is 39.5 Å². The van der Waals surface area contributed by atoms with Crippen LogP contribution in [0.15, 0.2) is 33.9 Å². The summed E-state index contributed by atoms with van der Waals surface area (Å²) < 4.78 is 16.3. The Kier molecular flexibility index (Phi) is 10.9. The van der Waals surface area contributed by atoms with E-state index in [0.717, 1.165) is 32.0 Å². The van der Waals surface area contributed by atoms with Crippen molar-refractivity contribution < 1.29 is 14.0 Å². The first-order valence-corrected chi connectivity index (χ1v) is 9.80. The molecule has 1 aliphatic rings. The first-order valence-electron chi connectivity index (χ1n) is 9.80. The molecule has 1 unspecified atom stereocenters. The van der Waals surface area contributed by atoms with Crippen LogP contribution in [0.25, 0.3) is 11.6 Å². The molecular formula is C19H29IN6O3. The molecule has 0 amide bonds. The van der Waals surface area contributed by atoms with E-state index in [2.05, 4.69) is 30.8 Å². The maximum Gasteiger partial charge on any atom is 0.276 e. The first kappa shape index (κ1) is 23.5. The summed E-state index contributed by atoms with van der Waals surface area (Å²) in [5, 5.41) is 10.5. The summed E-state index contributed by atoms with van der Waals surface area (Å²) >= 11 is 0. The number of nitrogens with one attached hydrogen (secondary N) is 2.